The Morgan fingerprint density at radius 1 is 1.15 bits per heavy atom. The molecule has 0 aliphatic carbocycles. The molecule has 0 bridgehead atoms. The molecule has 0 rings (SSSR count). The van der Waals surface area contributed by atoms with Crippen molar-refractivity contribution >= 4 is 0 Å². The molecule has 0 saturated carbocycles. The molecule has 0 aromatic rings. The summed E-state index contributed by atoms with van der Waals surface area (Å²) in [5.74, 6) is 1.35. The molecule has 0 N–H and O–H groups in total. The van der Waals surface area contributed by atoms with Gasteiger partial charge in [-0.2, -0.15) is 5.26 Å². The van der Waals surface area contributed by atoms with Gasteiger partial charge in [-0.1, -0.05) is 32.1 Å². The van der Waals surface area contributed by atoms with Crippen molar-refractivity contribution in [3.8, 4) is 6.07 Å². The van der Waals surface area contributed by atoms with Crippen molar-refractivity contribution in [1.82, 2.24) is 0 Å². The number of allylic oxidation sites excluding steroid dienone is 4. The van der Waals surface area contributed by atoms with Gasteiger partial charge in [0.2, 0.25) is 0 Å². The van der Waals surface area contributed by atoms with Crippen LogP contribution in [0.4, 0.5) is 0 Å². The summed E-state index contributed by atoms with van der Waals surface area (Å²) in [6.07, 6.45) is 9.96. The molecule has 0 fully saturated rings. The van der Waals surface area contributed by atoms with Crippen LogP contribution < -0.4 is 0 Å². The molecule has 1 nitrogen and oxygen atoms in total. The third kappa shape index (κ3) is 6.16. The highest BCUT2D eigenvalue weighted by Crippen LogP contribution is 2.19. The van der Waals surface area contributed by atoms with Gasteiger partial charge in [-0.25, -0.2) is 0 Å². The van der Waals surface area contributed by atoms with E-state index < -0.39 is 0 Å². The molecular formula is C12H19N. The lowest BCUT2D eigenvalue weighted by atomic mass is 9.90. The zero-order valence-electron chi connectivity index (χ0n) is 8.83. The fourth-order valence-corrected chi connectivity index (χ4v) is 1.15. The van der Waals surface area contributed by atoms with Gasteiger partial charge in [0.05, 0.1) is 6.07 Å². The van der Waals surface area contributed by atoms with E-state index in [4.69, 9.17) is 5.26 Å². The maximum absolute atomic E-state index is 8.31. The summed E-state index contributed by atoms with van der Waals surface area (Å²) in [5, 5.41) is 8.31. The quantitative estimate of drug-likeness (QED) is 0.464. The fourth-order valence-electron chi connectivity index (χ4n) is 1.15. The molecule has 72 valence electrons. The fraction of sp³-hybridized carbons (Fsp3) is 0.583. The van der Waals surface area contributed by atoms with Crippen LogP contribution in [0.25, 0.3) is 0 Å². The van der Waals surface area contributed by atoms with E-state index in [1.165, 1.54) is 0 Å². The Bertz CT molecular complexity index is 208. The number of rotatable bonds is 5. The molecule has 0 radical (unpaired) electrons. The van der Waals surface area contributed by atoms with E-state index in [1.807, 2.05) is 19.1 Å². The molecule has 0 heterocycles. The molecule has 0 aromatic heterocycles. The SMILES string of the molecule is CC=CCC(C)C(C)CC=CC#N. The predicted octanol–water partition coefficient (Wildman–Crippen LogP) is 3.69. The Balaban J connectivity index is 3.76. The lowest BCUT2D eigenvalue weighted by molar-refractivity contribution is 0.395. The van der Waals surface area contributed by atoms with Crippen molar-refractivity contribution in [2.24, 2.45) is 11.8 Å². The van der Waals surface area contributed by atoms with Gasteiger partial charge in [-0.15, -0.1) is 0 Å². The highest BCUT2D eigenvalue weighted by molar-refractivity contribution is 5.02. The van der Waals surface area contributed by atoms with Crippen LogP contribution in [0.3, 0.4) is 0 Å². The topological polar surface area (TPSA) is 23.8 Å². The van der Waals surface area contributed by atoms with Crippen molar-refractivity contribution in [3.63, 3.8) is 0 Å². The van der Waals surface area contributed by atoms with Crippen LogP contribution in [0, 0.1) is 23.2 Å². The number of hydrogen-bond acceptors (Lipinski definition) is 1. The lowest BCUT2D eigenvalue weighted by Gasteiger charge is -2.16. The first-order chi connectivity index (χ1) is 6.22. The summed E-state index contributed by atoms with van der Waals surface area (Å²) in [6, 6.07) is 2.01. The molecule has 2 unspecified atom stereocenters. The molecule has 13 heavy (non-hydrogen) atoms. The van der Waals surface area contributed by atoms with E-state index in [0.29, 0.717) is 11.8 Å². The van der Waals surface area contributed by atoms with Crippen LogP contribution >= 0.6 is 0 Å². The number of hydrogen-bond donors (Lipinski definition) is 0. The first-order valence-electron chi connectivity index (χ1n) is 4.88. The summed E-state index contributed by atoms with van der Waals surface area (Å²) < 4.78 is 0. The molecule has 0 aliphatic heterocycles. The summed E-state index contributed by atoms with van der Waals surface area (Å²) in [7, 11) is 0. The molecule has 0 amide bonds. The molecule has 0 aromatic carbocycles. The standard InChI is InChI=1S/C12H19N/c1-4-5-8-11(2)12(3)9-6-7-10-13/h4-7,11-12H,8-9H2,1-3H3. The zero-order valence-corrected chi connectivity index (χ0v) is 8.83. The van der Waals surface area contributed by atoms with Crippen LogP contribution in [0.1, 0.15) is 33.6 Å². The van der Waals surface area contributed by atoms with Crippen molar-refractivity contribution in [2.45, 2.75) is 33.6 Å². The van der Waals surface area contributed by atoms with E-state index in [-0.39, 0.29) is 0 Å². The van der Waals surface area contributed by atoms with Gasteiger partial charge in [0.1, 0.15) is 0 Å². The second-order valence-corrected chi connectivity index (χ2v) is 3.53. The average Bonchev–Trinajstić information content (AvgIpc) is 2.14. The van der Waals surface area contributed by atoms with E-state index in [2.05, 4.69) is 26.0 Å². The van der Waals surface area contributed by atoms with Gasteiger partial charge in [0, 0.05) is 6.08 Å². The van der Waals surface area contributed by atoms with Crippen LogP contribution in [0.5, 0.6) is 0 Å². The van der Waals surface area contributed by atoms with Crippen molar-refractivity contribution in [3.05, 3.63) is 24.3 Å². The van der Waals surface area contributed by atoms with Crippen molar-refractivity contribution in [2.75, 3.05) is 0 Å². The second-order valence-electron chi connectivity index (χ2n) is 3.53. The molecule has 0 spiro atoms. The minimum atomic E-state index is 0.654. The molecule has 0 saturated heterocycles. The van der Waals surface area contributed by atoms with Crippen LogP contribution in [-0.2, 0) is 0 Å². The molecule has 1 heteroatoms. The largest absolute Gasteiger partial charge is 0.193 e. The molecule has 0 aliphatic rings. The van der Waals surface area contributed by atoms with Gasteiger partial charge < -0.3 is 0 Å². The second kappa shape index (κ2) is 7.61. The number of nitriles is 1. The Hall–Kier alpha value is -1.03. The average molecular weight is 177 g/mol. The lowest BCUT2D eigenvalue weighted by Crippen LogP contribution is -2.05. The van der Waals surface area contributed by atoms with Gasteiger partial charge in [0.25, 0.3) is 0 Å². The van der Waals surface area contributed by atoms with Crippen LogP contribution in [0.2, 0.25) is 0 Å². The van der Waals surface area contributed by atoms with E-state index in [9.17, 15) is 0 Å². The first-order valence-corrected chi connectivity index (χ1v) is 4.88. The highest BCUT2D eigenvalue weighted by Gasteiger charge is 2.08. The molecular weight excluding hydrogens is 158 g/mol. The van der Waals surface area contributed by atoms with Gasteiger partial charge in [-0.05, 0) is 31.6 Å². The minimum Gasteiger partial charge on any atom is -0.193 e. The van der Waals surface area contributed by atoms with E-state index in [0.717, 1.165) is 12.8 Å². The summed E-state index contributed by atoms with van der Waals surface area (Å²) >= 11 is 0. The zero-order chi connectivity index (χ0) is 10.1. The maximum Gasteiger partial charge on any atom is 0.0908 e. The monoisotopic (exact) mass is 177 g/mol. The first kappa shape index (κ1) is 12.0. The number of nitrogens with zero attached hydrogens (tertiary/aromatic N) is 1. The maximum atomic E-state index is 8.31. The Kier molecular flexibility index (Phi) is 7.01. The predicted molar refractivity (Wildman–Crippen MR) is 57.1 cm³/mol. The van der Waals surface area contributed by atoms with Gasteiger partial charge in [0.15, 0.2) is 0 Å². The van der Waals surface area contributed by atoms with Gasteiger partial charge >= 0.3 is 0 Å². The summed E-state index contributed by atoms with van der Waals surface area (Å²) in [4.78, 5) is 0. The Morgan fingerprint density at radius 2 is 1.69 bits per heavy atom. The van der Waals surface area contributed by atoms with Crippen LogP contribution in [-0.4, -0.2) is 0 Å². The highest BCUT2D eigenvalue weighted by atomic mass is 14.2. The van der Waals surface area contributed by atoms with Gasteiger partial charge in [-0.3, -0.25) is 0 Å². The van der Waals surface area contributed by atoms with E-state index >= 15 is 0 Å². The molecule has 2 atom stereocenters. The summed E-state index contributed by atoms with van der Waals surface area (Å²) in [5.41, 5.74) is 0. The third-order valence-corrected chi connectivity index (χ3v) is 2.42. The van der Waals surface area contributed by atoms with Crippen molar-refractivity contribution in [1.29, 1.82) is 5.26 Å². The third-order valence-electron chi connectivity index (χ3n) is 2.42. The Morgan fingerprint density at radius 3 is 2.15 bits per heavy atom. The van der Waals surface area contributed by atoms with Crippen LogP contribution in [0.15, 0.2) is 24.3 Å². The van der Waals surface area contributed by atoms with E-state index in [1.54, 1.807) is 6.08 Å². The minimum absolute atomic E-state index is 0.654. The normalized spacial score (nSPS) is 16.2. The smallest absolute Gasteiger partial charge is 0.0908 e. The Labute approximate surface area is 81.8 Å². The summed E-state index contributed by atoms with van der Waals surface area (Å²) in [6.45, 7) is 6.54. The van der Waals surface area contributed by atoms with Crippen molar-refractivity contribution < 1.29 is 0 Å².